The van der Waals surface area contributed by atoms with E-state index in [1.54, 1.807) is 31.2 Å². The van der Waals surface area contributed by atoms with Gasteiger partial charge in [-0.3, -0.25) is 14.5 Å². The molecule has 0 saturated carbocycles. The normalized spacial score (nSPS) is 17.9. The molecule has 0 aliphatic carbocycles. The number of Topliss-reactive ketones (excluding diaryl/α,β-unsaturated/α-hetero) is 1. The molecule has 31 heavy (non-hydrogen) atoms. The smallest absolute Gasteiger partial charge is 0.350 e. The highest BCUT2D eigenvalue weighted by molar-refractivity contribution is 7.18. The van der Waals surface area contributed by atoms with E-state index in [2.05, 4.69) is 4.98 Å². The fraction of sp³-hybridized carbons (Fsp3) is 0.182. The predicted octanol–water partition coefficient (Wildman–Crippen LogP) is 4.23. The maximum Gasteiger partial charge on any atom is 0.350 e. The Morgan fingerprint density at radius 2 is 1.87 bits per heavy atom. The molecule has 2 aromatic heterocycles. The molecule has 3 aromatic rings. The van der Waals surface area contributed by atoms with Crippen LogP contribution in [-0.4, -0.2) is 34.9 Å². The third kappa shape index (κ3) is 3.55. The minimum Gasteiger partial charge on any atom is -0.507 e. The van der Waals surface area contributed by atoms with Crippen LogP contribution in [0.2, 0.25) is 0 Å². The zero-order valence-corrected chi connectivity index (χ0v) is 18.5. The van der Waals surface area contributed by atoms with Gasteiger partial charge in [0.05, 0.1) is 18.4 Å². The number of hydrogen-bond donors (Lipinski definition) is 1. The molecule has 1 N–H and O–H groups in total. The Kier molecular flexibility index (Phi) is 5.47. The third-order valence-electron chi connectivity index (χ3n) is 4.94. The molecule has 1 fully saturated rings. The molecule has 1 amide bonds. The van der Waals surface area contributed by atoms with Crippen molar-refractivity contribution in [1.82, 2.24) is 4.98 Å². The first-order chi connectivity index (χ1) is 14.8. The molecule has 1 saturated heterocycles. The van der Waals surface area contributed by atoms with Crippen molar-refractivity contribution < 1.29 is 24.2 Å². The Balaban J connectivity index is 1.90. The summed E-state index contributed by atoms with van der Waals surface area (Å²) < 4.78 is 4.78. The largest absolute Gasteiger partial charge is 0.507 e. The molecule has 9 heteroatoms. The van der Waals surface area contributed by atoms with Gasteiger partial charge in [-0.2, -0.15) is 0 Å². The molecule has 0 radical (unpaired) electrons. The Hall–Kier alpha value is -3.30. The molecule has 0 spiro atoms. The van der Waals surface area contributed by atoms with Crippen molar-refractivity contribution in [2.45, 2.75) is 19.9 Å². The molecule has 3 heterocycles. The summed E-state index contributed by atoms with van der Waals surface area (Å²) in [5, 5.41) is 13.0. The number of hydrogen-bond acceptors (Lipinski definition) is 8. The van der Waals surface area contributed by atoms with Gasteiger partial charge in [-0.1, -0.05) is 47.2 Å². The molecule has 0 unspecified atom stereocenters. The first-order valence-electron chi connectivity index (χ1n) is 9.30. The topological polar surface area (TPSA) is 96.8 Å². The van der Waals surface area contributed by atoms with Crippen molar-refractivity contribution in [3.63, 3.8) is 0 Å². The van der Waals surface area contributed by atoms with Crippen LogP contribution < -0.4 is 4.90 Å². The van der Waals surface area contributed by atoms with Crippen LogP contribution in [0, 0.1) is 13.8 Å². The van der Waals surface area contributed by atoms with E-state index in [-0.39, 0.29) is 21.3 Å². The minimum absolute atomic E-state index is 0.0104. The highest BCUT2D eigenvalue weighted by Gasteiger charge is 2.48. The number of carbonyl (C=O) groups excluding carboxylic acids is 3. The molecule has 1 aliphatic rings. The van der Waals surface area contributed by atoms with Gasteiger partial charge in [0.15, 0.2) is 5.13 Å². The first-order valence-corrected chi connectivity index (χ1v) is 11.0. The Morgan fingerprint density at radius 1 is 1.16 bits per heavy atom. The quantitative estimate of drug-likeness (QED) is 0.274. The summed E-state index contributed by atoms with van der Waals surface area (Å²) in [6, 6.07) is 9.78. The number of aliphatic hydroxyl groups excluding tert-OH is 1. The first kappa shape index (κ1) is 21.0. The van der Waals surface area contributed by atoms with E-state index in [1.165, 1.54) is 23.3 Å². The standard InChI is InChI=1S/C22H18N2O5S2/c1-11-6-8-13(9-7-11)17(25)15-16(14-5-4-10-30-14)24(20(27)18(15)26)22-23-12(2)19(31-22)21(28)29-3/h4-10,16,25H,1-3H3/t16-/m0/s1. The van der Waals surface area contributed by atoms with Crippen LogP contribution in [0.4, 0.5) is 5.13 Å². The number of aromatic nitrogens is 1. The number of thiazole rings is 1. The number of methoxy groups -OCH3 is 1. The van der Waals surface area contributed by atoms with Gasteiger partial charge in [-0.25, -0.2) is 9.78 Å². The van der Waals surface area contributed by atoms with Crippen molar-refractivity contribution in [1.29, 1.82) is 0 Å². The Labute approximate surface area is 186 Å². The maximum absolute atomic E-state index is 13.1. The third-order valence-corrected chi connectivity index (χ3v) is 7.01. The Bertz CT molecular complexity index is 1210. The summed E-state index contributed by atoms with van der Waals surface area (Å²) in [6.45, 7) is 3.55. The van der Waals surface area contributed by atoms with E-state index < -0.39 is 23.7 Å². The second kappa shape index (κ2) is 8.09. The lowest BCUT2D eigenvalue weighted by Crippen LogP contribution is -2.29. The average molecular weight is 455 g/mol. The lowest BCUT2D eigenvalue weighted by molar-refractivity contribution is -0.132. The predicted molar refractivity (Wildman–Crippen MR) is 118 cm³/mol. The number of rotatable bonds is 4. The number of aryl methyl sites for hydroxylation is 2. The number of esters is 1. The summed E-state index contributed by atoms with van der Waals surface area (Å²) in [6.07, 6.45) is 0. The van der Waals surface area contributed by atoms with Crippen LogP contribution in [0.15, 0.2) is 47.4 Å². The fourth-order valence-corrected chi connectivity index (χ4v) is 5.22. The molecule has 158 valence electrons. The van der Waals surface area contributed by atoms with Gasteiger partial charge in [0.25, 0.3) is 5.78 Å². The van der Waals surface area contributed by atoms with Crippen molar-refractivity contribution in [2.24, 2.45) is 0 Å². The zero-order valence-electron chi connectivity index (χ0n) is 16.9. The van der Waals surface area contributed by atoms with Gasteiger partial charge in [-0.05, 0) is 25.3 Å². The second-order valence-electron chi connectivity index (χ2n) is 6.95. The summed E-state index contributed by atoms with van der Waals surface area (Å²) >= 11 is 2.33. The number of benzene rings is 1. The van der Waals surface area contributed by atoms with Crippen molar-refractivity contribution >= 4 is 51.2 Å². The highest BCUT2D eigenvalue weighted by Crippen LogP contribution is 2.45. The van der Waals surface area contributed by atoms with E-state index >= 15 is 0 Å². The van der Waals surface area contributed by atoms with E-state index in [4.69, 9.17) is 4.74 Å². The van der Waals surface area contributed by atoms with Gasteiger partial charge in [0, 0.05) is 10.4 Å². The van der Waals surface area contributed by atoms with Gasteiger partial charge >= 0.3 is 11.9 Å². The second-order valence-corrected chi connectivity index (χ2v) is 8.91. The number of anilines is 1. The van der Waals surface area contributed by atoms with E-state index in [9.17, 15) is 19.5 Å². The van der Waals surface area contributed by atoms with Crippen molar-refractivity contribution in [3.8, 4) is 0 Å². The van der Waals surface area contributed by atoms with Gasteiger partial charge in [0.2, 0.25) is 0 Å². The van der Waals surface area contributed by atoms with Crippen LogP contribution in [0.1, 0.15) is 37.4 Å². The number of thiophene rings is 1. The molecule has 1 atom stereocenters. The minimum atomic E-state index is -0.850. The molecule has 4 rings (SSSR count). The van der Waals surface area contributed by atoms with Crippen molar-refractivity contribution in [2.75, 3.05) is 12.0 Å². The van der Waals surface area contributed by atoms with Gasteiger partial charge in [0.1, 0.15) is 16.7 Å². The average Bonchev–Trinajstić information content (AvgIpc) is 3.47. The van der Waals surface area contributed by atoms with Crippen LogP contribution in [-0.2, 0) is 14.3 Å². The maximum atomic E-state index is 13.1. The summed E-state index contributed by atoms with van der Waals surface area (Å²) in [5.41, 5.74) is 1.83. The molecular formula is C22H18N2O5S2. The van der Waals surface area contributed by atoms with Crippen LogP contribution in [0.25, 0.3) is 5.76 Å². The van der Waals surface area contributed by atoms with E-state index in [0.29, 0.717) is 16.1 Å². The molecule has 1 aromatic carbocycles. The number of carbonyl (C=O) groups is 3. The molecular weight excluding hydrogens is 436 g/mol. The summed E-state index contributed by atoms with van der Waals surface area (Å²) in [4.78, 5) is 44.7. The number of ketones is 1. The molecule has 7 nitrogen and oxygen atoms in total. The lowest BCUT2D eigenvalue weighted by Gasteiger charge is -2.21. The van der Waals surface area contributed by atoms with E-state index in [0.717, 1.165) is 16.9 Å². The van der Waals surface area contributed by atoms with Gasteiger partial charge in [-0.15, -0.1) is 11.3 Å². The van der Waals surface area contributed by atoms with Crippen LogP contribution in [0.3, 0.4) is 0 Å². The number of amides is 1. The zero-order chi connectivity index (χ0) is 22.3. The monoisotopic (exact) mass is 454 g/mol. The van der Waals surface area contributed by atoms with Crippen LogP contribution >= 0.6 is 22.7 Å². The fourth-order valence-electron chi connectivity index (χ4n) is 3.38. The Morgan fingerprint density at radius 3 is 2.48 bits per heavy atom. The SMILES string of the molecule is COC(=O)c1sc(N2C(=O)C(=O)C(=C(O)c3ccc(C)cc3)[C@@H]2c2cccs2)nc1C. The number of nitrogens with zero attached hydrogens (tertiary/aromatic N) is 2. The summed E-state index contributed by atoms with van der Waals surface area (Å²) in [5.74, 6) is -2.42. The molecule has 0 bridgehead atoms. The lowest BCUT2D eigenvalue weighted by atomic mass is 9.99. The van der Waals surface area contributed by atoms with Crippen LogP contribution in [0.5, 0.6) is 0 Å². The van der Waals surface area contributed by atoms with Gasteiger partial charge < -0.3 is 9.84 Å². The number of aliphatic hydroxyl groups is 1. The van der Waals surface area contributed by atoms with E-state index in [1.807, 2.05) is 24.4 Å². The molecule has 1 aliphatic heterocycles. The number of ether oxygens (including phenoxy) is 1. The van der Waals surface area contributed by atoms with Crippen molar-refractivity contribution in [3.05, 3.63) is 73.9 Å². The summed E-state index contributed by atoms with van der Waals surface area (Å²) in [7, 11) is 1.26. The highest BCUT2D eigenvalue weighted by atomic mass is 32.1.